The lowest BCUT2D eigenvalue weighted by Gasteiger charge is -2.18. The standard InChI is InChI=1S/C10H19NO/c1-7(11)2-3-8-6-9-4-5-10(8)12-9/h7-10H,2-6,11H2,1H3. The Bertz CT molecular complexity index is 158. The summed E-state index contributed by atoms with van der Waals surface area (Å²) in [6.07, 6.45) is 7.54. The lowest BCUT2D eigenvalue weighted by Crippen LogP contribution is -2.21. The van der Waals surface area contributed by atoms with Crippen molar-refractivity contribution >= 4 is 0 Å². The molecule has 2 nitrogen and oxygen atoms in total. The van der Waals surface area contributed by atoms with E-state index in [2.05, 4.69) is 6.92 Å². The monoisotopic (exact) mass is 169 g/mol. The first-order valence-corrected chi connectivity index (χ1v) is 5.16. The van der Waals surface area contributed by atoms with Crippen LogP contribution in [0.25, 0.3) is 0 Å². The largest absolute Gasteiger partial charge is 0.375 e. The lowest BCUT2D eigenvalue weighted by molar-refractivity contribution is 0.0907. The molecular weight excluding hydrogens is 150 g/mol. The number of nitrogens with two attached hydrogens (primary N) is 1. The van der Waals surface area contributed by atoms with Crippen LogP contribution in [0.2, 0.25) is 0 Å². The van der Waals surface area contributed by atoms with Crippen LogP contribution in [0.3, 0.4) is 0 Å². The summed E-state index contributed by atoms with van der Waals surface area (Å²) in [4.78, 5) is 0. The zero-order valence-electron chi connectivity index (χ0n) is 7.83. The van der Waals surface area contributed by atoms with Crippen LogP contribution >= 0.6 is 0 Å². The van der Waals surface area contributed by atoms with E-state index in [9.17, 15) is 0 Å². The highest BCUT2D eigenvalue weighted by molar-refractivity contribution is 4.89. The van der Waals surface area contributed by atoms with Crippen molar-refractivity contribution in [3.63, 3.8) is 0 Å². The summed E-state index contributed by atoms with van der Waals surface area (Å²) in [5.74, 6) is 0.828. The van der Waals surface area contributed by atoms with Crippen molar-refractivity contribution < 1.29 is 4.74 Å². The topological polar surface area (TPSA) is 35.2 Å². The predicted molar refractivity (Wildman–Crippen MR) is 48.9 cm³/mol. The van der Waals surface area contributed by atoms with Gasteiger partial charge in [-0.2, -0.15) is 0 Å². The number of hydrogen-bond acceptors (Lipinski definition) is 2. The molecule has 2 aliphatic rings. The van der Waals surface area contributed by atoms with E-state index in [0.717, 1.165) is 12.3 Å². The molecule has 70 valence electrons. The molecule has 0 aromatic rings. The van der Waals surface area contributed by atoms with E-state index in [4.69, 9.17) is 10.5 Å². The molecule has 0 radical (unpaired) electrons. The lowest BCUT2D eigenvalue weighted by atomic mass is 9.85. The molecule has 2 rings (SSSR count). The molecule has 0 spiro atoms. The van der Waals surface area contributed by atoms with Gasteiger partial charge in [0.1, 0.15) is 0 Å². The third-order valence-corrected chi connectivity index (χ3v) is 3.22. The Labute approximate surface area is 74.5 Å². The number of fused-ring (bicyclic) bond motifs is 2. The fourth-order valence-electron chi connectivity index (χ4n) is 2.52. The Morgan fingerprint density at radius 3 is 2.83 bits per heavy atom. The summed E-state index contributed by atoms with van der Waals surface area (Å²) < 4.78 is 5.78. The van der Waals surface area contributed by atoms with Gasteiger partial charge in [0, 0.05) is 6.04 Å². The third kappa shape index (κ3) is 1.64. The predicted octanol–water partition coefficient (Wildman–Crippen LogP) is 1.68. The maximum atomic E-state index is 5.78. The van der Waals surface area contributed by atoms with E-state index >= 15 is 0 Å². The second-order valence-corrected chi connectivity index (χ2v) is 4.42. The van der Waals surface area contributed by atoms with Crippen LogP contribution in [0.4, 0.5) is 0 Å². The zero-order chi connectivity index (χ0) is 8.55. The smallest absolute Gasteiger partial charge is 0.0609 e. The van der Waals surface area contributed by atoms with Crippen molar-refractivity contribution in [2.24, 2.45) is 11.7 Å². The summed E-state index contributed by atoms with van der Waals surface area (Å²) in [7, 11) is 0. The van der Waals surface area contributed by atoms with Crippen molar-refractivity contribution in [2.75, 3.05) is 0 Å². The highest BCUT2D eigenvalue weighted by atomic mass is 16.5. The minimum Gasteiger partial charge on any atom is -0.375 e. The van der Waals surface area contributed by atoms with Gasteiger partial charge in [-0.05, 0) is 44.9 Å². The van der Waals surface area contributed by atoms with Gasteiger partial charge < -0.3 is 10.5 Å². The van der Waals surface area contributed by atoms with Crippen molar-refractivity contribution in [1.29, 1.82) is 0 Å². The van der Waals surface area contributed by atoms with E-state index < -0.39 is 0 Å². The van der Waals surface area contributed by atoms with Gasteiger partial charge in [-0.25, -0.2) is 0 Å². The molecule has 2 N–H and O–H groups in total. The van der Waals surface area contributed by atoms with E-state index in [1.54, 1.807) is 0 Å². The molecule has 4 unspecified atom stereocenters. The van der Waals surface area contributed by atoms with E-state index in [1.165, 1.54) is 25.7 Å². The van der Waals surface area contributed by atoms with Crippen molar-refractivity contribution in [2.45, 2.75) is 57.3 Å². The molecule has 0 aromatic heterocycles. The van der Waals surface area contributed by atoms with Gasteiger partial charge >= 0.3 is 0 Å². The highest BCUT2D eigenvalue weighted by Gasteiger charge is 2.39. The maximum absolute atomic E-state index is 5.78. The van der Waals surface area contributed by atoms with Gasteiger partial charge in [0.05, 0.1) is 12.2 Å². The second kappa shape index (κ2) is 3.35. The fraction of sp³-hybridized carbons (Fsp3) is 1.00. The summed E-state index contributed by atoms with van der Waals surface area (Å²) in [5, 5.41) is 0. The van der Waals surface area contributed by atoms with Crippen LogP contribution in [0.1, 0.15) is 39.0 Å². The SMILES string of the molecule is CC(N)CCC1CC2CCC1O2. The van der Waals surface area contributed by atoms with Gasteiger partial charge in [0.2, 0.25) is 0 Å². The molecule has 0 amide bonds. The molecule has 2 fully saturated rings. The van der Waals surface area contributed by atoms with Crippen LogP contribution in [0.5, 0.6) is 0 Å². The molecule has 4 atom stereocenters. The van der Waals surface area contributed by atoms with Crippen LogP contribution in [0.15, 0.2) is 0 Å². The van der Waals surface area contributed by atoms with E-state index in [-0.39, 0.29) is 0 Å². The fourth-order valence-corrected chi connectivity index (χ4v) is 2.52. The second-order valence-electron chi connectivity index (χ2n) is 4.42. The van der Waals surface area contributed by atoms with E-state index in [1.807, 2.05) is 0 Å². The molecule has 2 bridgehead atoms. The average molecular weight is 169 g/mol. The van der Waals surface area contributed by atoms with Crippen LogP contribution < -0.4 is 5.73 Å². The Morgan fingerprint density at radius 2 is 2.33 bits per heavy atom. The molecule has 0 aromatic carbocycles. The summed E-state index contributed by atoms with van der Waals surface area (Å²) in [5.41, 5.74) is 5.73. The number of hydrogen-bond donors (Lipinski definition) is 1. The first-order chi connectivity index (χ1) is 5.75. The summed E-state index contributed by atoms with van der Waals surface area (Å²) in [6.45, 7) is 2.09. The molecule has 2 heterocycles. The maximum Gasteiger partial charge on any atom is 0.0609 e. The minimum atomic E-state index is 0.365. The van der Waals surface area contributed by atoms with Crippen molar-refractivity contribution in [3.05, 3.63) is 0 Å². The molecule has 2 saturated heterocycles. The number of ether oxygens (including phenoxy) is 1. The van der Waals surface area contributed by atoms with Gasteiger partial charge in [-0.15, -0.1) is 0 Å². The highest BCUT2D eigenvalue weighted by Crippen LogP contribution is 2.40. The van der Waals surface area contributed by atoms with Crippen molar-refractivity contribution in [3.8, 4) is 0 Å². The summed E-state index contributed by atoms with van der Waals surface area (Å²) in [6, 6.07) is 0.365. The molecule has 2 heteroatoms. The van der Waals surface area contributed by atoms with Gasteiger partial charge in [0.25, 0.3) is 0 Å². The Hall–Kier alpha value is -0.0800. The van der Waals surface area contributed by atoms with Gasteiger partial charge in [-0.3, -0.25) is 0 Å². The van der Waals surface area contributed by atoms with E-state index in [0.29, 0.717) is 18.2 Å². The van der Waals surface area contributed by atoms with Crippen LogP contribution in [-0.2, 0) is 4.74 Å². The molecule has 12 heavy (non-hydrogen) atoms. The Balaban J connectivity index is 1.76. The Kier molecular flexibility index (Phi) is 2.37. The molecule has 0 saturated carbocycles. The number of rotatable bonds is 3. The van der Waals surface area contributed by atoms with Gasteiger partial charge in [0.15, 0.2) is 0 Å². The molecule has 2 aliphatic heterocycles. The minimum absolute atomic E-state index is 0.365. The quantitative estimate of drug-likeness (QED) is 0.697. The Morgan fingerprint density at radius 1 is 1.50 bits per heavy atom. The first kappa shape index (κ1) is 8.52. The average Bonchev–Trinajstić information content (AvgIpc) is 2.60. The van der Waals surface area contributed by atoms with Crippen molar-refractivity contribution in [1.82, 2.24) is 0 Å². The summed E-state index contributed by atoms with van der Waals surface area (Å²) >= 11 is 0. The third-order valence-electron chi connectivity index (χ3n) is 3.22. The van der Waals surface area contributed by atoms with Gasteiger partial charge in [-0.1, -0.05) is 0 Å². The molecular formula is C10H19NO. The van der Waals surface area contributed by atoms with Crippen LogP contribution in [-0.4, -0.2) is 18.2 Å². The molecule has 0 aliphatic carbocycles. The normalized spacial score (nSPS) is 42.0. The first-order valence-electron chi connectivity index (χ1n) is 5.16. The van der Waals surface area contributed by atoms with Crippen LogP contribution in [0, 0.1) is 5.92 Å². The zero-order valence-corrected chi connectivity index (χ0v) is 7.83.